The number of rotatable bonds is 4. The average molecular weight is 342 g/mol. The lowest BCUT2D eigenvalue weighted by molar-refractivity contribution is -0.126. The molecule has 0 spiro atoms. The van der Waals surface area contributed by atoms with Crippen LogP contribution in [0.4, 0.5) is 5.95 Å². The van der Waals surface area contributed by atoms with Crippen molar-refractivity contribution in [1.29, 1.82) is 0 Å². The van der Waals surface area contributed by atoms with E-state index in [1.165, 1.54) is 6.42 Å². The Hall–Kier alpha value is -1.95. The maximum absolute atomic E-state index is 12.7. The fourth-order valence-electron chi connectivity index (χ4n) is 3.98. The molecule has 1 atom stereocenters. The largest absolute Gasteiger partial charge is 0.369 e. The minimum atomic E-state index is -0.404. The Morgan fingerprint density at radius 1 is 1.36 bits per heavy atom. The highest BCUT2D eigenvalue weighted by Gasteiger charge is 2.42. The molecule has 6 heteroatoms. The van der Waals surface area contributed by atoms with Crippen LogP contribution in [0.2, 0.25) is 0 Å². The van der Waals surface area contributed by atoms with E-state index in [2.05, 4.69) is 33.7 Å². The van der Waals surface area contributed by atoms with Gasteiger partial charge in [0.15, 0.2) is 5.65 Å². The Labute approximate surface area is 148 Å². The summed E-state index contributed by atoms with van der Waals surface area (Å²) in [6.45, 7) is 6.19. The molecule has 2 aromatic rings. The van der Waals surface area contributed by atoms with Gasteiger partial charge < -0.3 is 4.74 Å². The Kier molecular flexibility index (Phi) is 3.83. The quantitative estimate of drug-likeness (QED) is 0.917. The van der Waals surface area contributed by atoms with E-state index in [4.69, 9.17) is 4.74 Å². The number of carbonyl (C=O) groups excluding carboxylic acids is 1. The average Bonchev–Trinajstić information content (AvgIpc) is 2.95. The zero-order chi connectivity index (χ0) is 17.7. The van der Waals surface area contributed by atoms with Gasteiger partial charge in [-0.1, -0.05) is 0 Å². The van der Waals surface area contributed by atoms with E-state index < -0.39 is 5.60 Å². The highest BCUT2D eigenvalue weighted by atomic mass is 16.5. The molecule has 2 fully saturated rings. The summed E-state index contributed by atoms with van der Waals surface area (Å²) in [6.07, 6.45) is 7.43. The first-order valence-electron chi connectivity index (χ1n) is 9.18. The Morgan fingerprint density at radius 3 is 2.80 bits per heavy atom. The molecule has 1 amide bonds. The highest BCUT2D eigenvalue weighted by molar-refractivity contribution is 5.91. The standard InChI is InChI=1S/C19H26N4O2/c1-18(2)9-10-19(3,25-18)12-15(24)22-17-21-14-8-5-11-20-16(14)23(17)13-6-4-7-13/h5,8,11,13H,4,6-7,9-10,12H2,1-3H3,(H,21,22,24). The van der Waals surface area contributed by atoms with Gasteiger partial charge in [0.1, 0.15) is 5.52 Å². The van der Waals surface area contributed by atoms with Crippen LogP contribution in [0.15, 0.2) is 18.3 Å². The molecule has 0 radical (unpaired) electrons. The van der Waals surface area contributed by atoms with Crippen LogP contribution in [0, 0.1) is 0 Å². The third-order valence-electron chi connectivity index (χ3n) is 5.45. The molecular weight excluding hydrogens is 316 g/mol. The van der Waals surface area contributed by atoms with E-state index in [0.29, 0.717) is 18.4 Å². The van der Waals surface area contributed by atoms with Gasteiger partial charge in [0.05, 0.1) is 17.6 Å². The minimum absolute atomic E-state index is 0.0453. The van der Waals surface area contributed by atoms with Crippen molar-refractivity contribution in [3.8, 4) is 0 Å². The van der Waals surface area contributed by atoms with Gasteiger partial charge in [-0.2, -0.15) is 0 Å². The minimum Gasteiger partial charge on any atom is -0.369 e. The molecular formula is C19H26N4O2. The monoisotopic (exact) mass is 342 g/mol. The molecule has 25 heavy (non-hydrogen) atoms. The number of imidazole rings is 1. The summed E-state index contributed by atoms with van der Waals surface area (Å²) in [5, 5.41) is 3.02. The zero-order valence-corrected chi connectivity index (χ0v) is 15.2. The van der Waals surface area contributed by atoms with E-state index in [1.54, 1.807) is 6.20 Å². The van der Waals surface area contributed by atoms with E-state index in [-0.39, 0.29) is 11.5 Å². The third-order valence-corrected chi connectivity index (χ3v) is 5.45. The predicted molar refractivity (Wildman–Crippen MR) is 96.5 cm³/mol. The number of hydrogen-bond donors (Lipinski definition) is 1. The molecule has 1 saturated carbocycles. The molecule has 1 saturated heterocycles. The first-order valence-corrected chi connectivity index (χ1v) is 9.18. The van der Waals surface area contributed by atoms with Gasteiger partial charge in [-0.15, -0.1) is 0 Å². The molecule has 4 rings (SSSR count). The van der Waals surface area contributed by atoms with E-state index in [1.807, 2.05) is 19.1 Å². The molecule has 0 aromatic carbocycles. The number of hydrogen-bond acceptors (Lipinski definition) is 4. The first kappa shape index (κ1) is 16.5. The number of nitrogens with one attached hydrogen (secondary N) is 1. The number of pyridine rings is 1. The summed E-state index contributed by atoms with van der Waals surface area (Å²) in [4.78, 5) is 21.8. The third kappa shape index (κ3) is 3.15. The van der Waals surface area contributed by atoms with Gasteiger partial charge in [0.25, 0.3) is 0 Å². The highest BCUT2D eigenvalue weighted by Crippen LogP contribution is 2.40. The van der Waals surface area contributed by atoms with Crippen molar-refractivity contribution in [2.45, 2.75) is 76.5 Å². The normalized spacial score (nSPS) is 25.9. The molecule has 2 aromatic heterocycles. The molecule has 1 aliphatic carbocycles. The molecule has 1 N–H and O–H groups in total. The van der Waals surface area contributed by atoms with E-state index in [0.717, 1.165) is 36.8 Å². The topological polar surface area (TPSA) is 69.0 Å². The molecule has 2 aliphatic rings. The van der Waals surface area contributed by atoms with E-state index >= 15 is 0 Å². The van der Waals surface area contributed by atoms with Crippen molar-refractivity contribution >= 4 is 23.0 Å². The van der Waals surface area contributed by atoms with Gasteiger partial charge in [-0.3, -0.25) is 14.7 Å². The van der Waals surface area contributed by atoms with Crippen LogP contribution in [-0.2, 0) is 9.53 Å². The maximum atomic E-state index is 12.7. The molecule has 3 heterocycles. The number of aromatic nitrogens is 3. The van der Waals surface area contributed by atoms with Crippen molar-refractivity contribution < 1.29 is 9.53 Å². The van der Waals surface area contributed by atoms with Crippen LogP contribution in [0.5, 0.6) is 0 Å². The molecule has 1 unspecified atom stereocenters. The van der Waals surface area contributed by atoms with Gasteiger partial charge in [-0.25, -0.2) is 9.97 Å². The number of carbonyl (C=O) groups is 1. The van der Waals surface area contributed by atoms with Crippen LogP contribution >= 0.6 is 0 Å². The second kappa shape index (κ2) is 5.80. The molecule has 6 nitrogen and oxygen atoms in total. The summed E-state index contributed by atoms with van der Waals surface area (Å²) < 4.78 is 8.21. The van der Waals surface area contributed by atoms with Gasteiger partial charge in [0.2, 0.25) is 11.9 Å². The number of nitrogens with zero attached hydrogens (tertiary/aromatic N) is 3. The lowest BCUT2D eigenvalue weighted by Crippen LogP contribution is -2.34. The van der Waals surface area contributed by atoms with Gasteiger partial charge in [-0.05, 0) is 65.0 Å². The zero-order valence-electron chi connectivity index (χ0n) is 15.2. The SMILES string of the molecule is CC1(C)CCC(C)(CC(=O)Nc2nc3cccnc3n2C2CCC2)O1. The summed E-state index contributed by atoms with van der Waals surface area (Å²) in [7, 11) is 0. The lowest BCUT2D eigenvalue weighted by atomic mass is 9.93. The van der Waals surface area contributed by atoms with Crippen molar-refractivity contribution in [1.82, 2.24) is 14.5 Å². The summed E-state index contributed by atoms with van der Waals surface area (Å²) >= 11 is 0. The Morgan fingerprint density at radius 2 is 2.16 bits per heavy atom. The second-order valence-corrected chi connectivity index (χ2v) is 8.27. The number of amides is 1. The van der Waals surface area contributed by atoms with Crippen LogP contribution in [0.25, 0.3) is 11.2 Å². The summed E-state index contributed by atoms with van der Waals surface area (Å²) in [6, 6.07) is 4.20. The number of fused-ring (bicyclic) bond motifs is 1. The first-order chi connectivity index (χ1) is 11.9. The molecule has 0 bridgehead atoms. The maximum Gasteiger partial charge on any atom is 0.229 e. The number of anilines is 1. The Balaban J connectivity index is 1.55. The van der Waals surface area contributed by atoms with Gasteiger partial charge in [0, 0.05) is 12.2 Å². The second-order valence-electron chi connectivity index (χ2n) is 8.27. The van der Waals surface area contributed by atoms with Crippen LogP contribution in [0.3, 0.4) is 0 Å². The lowest BCUT2D eigenvalue weighted by Gasteiger charge is -2.29. The summed E-state index contributed by atoms with van der Waals surface area (Å²) in [5.74, 6) is 0.570. The fourth-order valence-corrected chi connectivity index (χ4v) is 3.98. The van der Waals surface area contributed by atoms with Gasteiger partial charge >= 0.3 is 0 Å². The van der Waals surface area contributed by atoms with Crippen LogP contribution in [0.1, 0.15) is 65.3 Å². The van der Waals surface area contributed by atoms with Crippen molar-refractivity contribution in [3.63, 3.8) is 0 Å². The predicted octanol–water partition coefficient (Wildman–Crippen LogP) is 3.83. The van der Waals surface area contributed by atoms with Crippen LogP contribution < -0.4 is 5.32 Å². The number of ether oxygens (including phenoxy) is 1. The summed E-state index contributed by atoms with van der Waals surface area (Å²) in [5.41, 5.74) is 1.12. The fraction of sp³-hybridized carbons (Fsp3) is 0.632. The van der Waals surface area contributed by atoms with E-state index in [9.17, 15) is 4.79 Å². The molecule has 134 valence electrons. The van der Waals surface area contributed by atoms with Crippen LogP contribution in [-0.4, -0.2) is 31.6 Å². The van der Waals surface area contributed by atoms with Crippen molar-refractivity contribution in [3.05, 3.63) is 18.3 Å². The smallest absolute Gasteiger partial charge is 0.229 e. The Bertz CT molecular complexity index is 809. The molecule has 1 aliphatic heterocycles. The van der Waals surface area contributed by atoms with Crippen molar-refractivity contribution in [2.75, 3.05) is 5.32 Å². The van der Waals surface area contributed by atoms with Crippen molar-refractivity contribution in [2.24, 2.45) is 0 Å².